The Morgan fingerprint density at radius 1 is 0.925 bits per heavy atom. The van der Waals surface area contributed by atoms with Crippen molar-refractivity contribution in [1.29, 1.82) is 0 Å². The van der Waals surface area contributed by atoms with Crippen LogP contribution in [0, 0.1) is 5.82 Å². The Morgan fingerprint density at radius 3 is 2.45 bits per heavy atom. The van der Waals surface area contributed by atoms with Gasteiger partial charge in [-0.15, -0.1) is 0 Å². The summed E-state index contributed by atoms with van der Waals surface area (Å²) in [5.74, 6) is 0.252. The van der Waals surface area contributed by atoms with Gasteiger partial charge in [0.1, 0.15) is 11.5 Å². The lowest BCUT2D eigenvalue weighted by molar-refractivity contribution is 0.294. The molecule has 0 aliphatic heterocycles. The molecule has 3 heterocycles. The number of pyridine rings is 1. The van der Waals surface area contributed by atoms with E-state index in [1.54, 1.807) is 18.3 Å². The average molecular weight is 538 g/mol. The molecule has 0 bridgehead atoms. The van der Waals surface area contributed by atoms with Crippen molar-refractivity contribution in [1.82, 2.24) is 29.2 Å². The molecule has 0 fully saturated rings. The molecule has 0 saturated carbocycles. The molecule has 0 aliphatic carbocycles. The number of nitrogens with one attached hydrogen (secondary N) is 1. The number of anilines is 1. The van der Waals surface area contributed by atoms with Crippen LogP contribution in [-0.2, 0) is 6.54 Å². The third kappa shape index (κ3) is 6.52. The molecule has 206 valence electrons. The third-order valence-electron chi connectivity index (χ3n) is 6.95. The number of rotatable bonds is 11. The SMILES string of the molecule is C[C@H](Nc1nccc(-c2c(-c3ccc(F)cc3)nc3cc(CN(C)CCCN(C)C)ccn23)n1)c1ccccc1. The Morgan fingerprint density at radius 2 is 1.70 bits per heavy atom. The van der Waals surface area contributed by atoms with E-state index in [0.29, 0.717) is 5.95 Å². The summed E-state index contributed by atoms with van der Waals surface area (Å²) < 4.78 is 15.8. The summed E-state index contributed by atoms with van der Waals surface area (Å²) in [6.45, 7) is 5.00. The second kappa shape index (κ2) is 12.4. The molecule has 1 N–H and O–H groups in total. The van der Waals surface area contributed by atoms with E-state index < -0.39 is 0 Å². The first-order chi connectivity index (χ1) is 19.4. The van der Waals surface area contributed by atoms with Crippen LogP contribution in [0.5, 0.6) is 0 Å². The molecule has 0 spiro atoms. The van der Waals surface area contributed by atoms with Gasteiger partial charge in [-0.3, -0.25) is 4.40 Å². The second-order valence-corrected chi connectivity index (χ2v) is 10.5. The van der Waals surface area contributed by atoms with E-state index >= 15 is 0 Å². The minimum absolute atomic E-state index is 0.0347. The summed E-state index contributed by atoms with van der Waals surface area (Å²) in [5.41, 5.74) is 6.30. The van der Waals surface area contributed by atoms with Crippen LogP contribution >= 0.6 is 0 Å². The highest BCUT2D eigenvalue weighted by Crippen LogP contribution is 2.33. The minimum Gasteiger partial charge on any atom is -0.348 e. The Bertz CT molecular complexity index is 1550. The molecule has 5 aromatic rings. The summed E-state index contributed by atoms with van der Waals surface area (Å²) in [7, 11) is 6.35. The van der Waals surface area contributed by atoms with E-state index in [2.05, 4.69) is 83.0 Å². The number of nitrogens with zero attached hydrogens (tertiary/aromatic N) is 6. The fourth-order valence-electron chi connectivity index (χ4n) is 4.87. The van der Waals surface area contributed by atoms with Gasteiger partial charge >= 0.3 is 0 Å². The van der Waals surface area contributed by atoms with Crippen molar-refractivity contribution in [2.45, 2.75) is 25.9 Å². The van der Waals surface area contributed by atoms with Crippen molar-refractivity contribution in [2.24, 2.45) is 0 Å². The maximum absolute atomic E-state index is 13.8. The first-order valence-corrected chi connectivity index (χ1v) is 13.6. The molecule has 0 amide bonds. The number of imidazole rings is 1. The standard InChI is InChI=1S/C32H36FN7/c1-23(25-9-6-5-7-10-25)35-32-34-17-15-28(36-32)31-30(26-11-13-27(33)14-12-26)37-29-21-24(16-20-40(29)31)22-39(4)19-8-18-38(2)3/h5-7,9-17,20-21,23H,8,18-19,22H2,1-4H3,(H,34,35,36)/t23-/m0/s1. The van der Waals surface area contributed by atoms with Crippen LogP contribution in [0.4, 0.5) is 10.3 Å². The topological polar surface area (TPSA) is 61.6 Å². The van der Waals surface area contributed by atoms with Gasteiger partial charge in [-0.1, -0.05) is 30.3 Å². The molecule has 0 saturated heterocycles. The fourth-order valence-corrected chi connectivity index (χ4v) is 4.87. The normalized spacial score (nSPS) is 12.4. The molecule has 0 radical (unpaired) electrons. The maximum Gasteiger partial charge on any atom is 0.223 e. The highest BCUT2D eigenvalue weighted by atomic mass is 19.1. The maximum atomic E-state index is 13.8. The number of fused-ring (bicyclic) bond motifs is 1. The summed E-state index contributed by atoms with van der Waals surface area (Å²) in [6, 6.07) is 22.8. The zero-order chi connectivity index (χ0) is 28.1. The Kier molecular flexibility index (Phi) is 8.48. The molecule has 0 unspecified atom stereocenters. The largest absolute Gasteiger partial charge is 0.348 e. The van der Waals surface area contributed by atoms with Crippen molar-refractivity contribution in [2.75, 3.05) is 39.5 Å². The highest BCUT2D eigenvalue weighted by molar-refractivity contribution is 5.80. The summed E-state index contributed by atoms with van der Waals surface area (Å²) >= 11 is 0. The van der Waals surface area contributed by atoms with Gasteiger partial charge in [0.15, 0.2) is 0 Å². The molecule has 8 heteroatoms. The lowest BCUT2D eigenvalue weighted by atomic mass is 10.1. The molecule has 5 rings (SSSR count). The van der Waals surface area contributed by atoms with Crippen molar-refractivity contribution in [3.05, 3.63) is 102 Å². The second-order valence-electron chi connectivity index (χ2n) is 10.5. The van der Waals surface area contributed by atoms with Gasteiger partial charge in [-0.2, -0.15) is 0 Å². The molecular formula is C32H36FN7. The van der Waals surface area contributed by atoms with Crippen LogP contribution in [0.1, 0.15) is 30.5 Å². The smallest absolute Gasteiger partial charge is 0.223 e. The Labute approximate surface area is 235 Å². The number of hydrogen-bond donors (Lipinski definition) is 1. The number of benzene rings is 2. The van der Waals surface area contributed by atoms with Gasteiger partial charge < -0.3 is 15.1 Å². The van der Waals surface area contributed by atoms with Gasteiger partial charge in [-0.05, 0) is 101 Å². The first-order valence-electron chi connectivity index (χ1n) is 13.6. The van der Waals surface area contributed by atoms with Crippen molar-refractivity contribution >= 4 is 11.6 Å². The highest BCUT2D eigenvalue weighted by Gasteiger charge is 2.19. The van der Waals surface area contributed by atoms with Crippen molar-refractivity contribution in [3.63, 3.8) is 0 Å². The van der Waals surface area contributed by atoms with E-state index in [1.807, 2.05) is 24.3 Å². The number of aromatic nitrogens is 4. The lowest BCUT2D eigenvalue weighted by Crippen LogP contribution is -2.23. The molecule has 3 aromatic heterocycles. The summed E-state index contributed by atoms with van der Waals surface area (Å²) in [6.07, 6.45) is 4.92. The molecule has 7 nitrogen and oxygen atoms in total. The molecule has 0 aliphatic rings. The Hall–Kier alpha value is -4.14. The van der Waals surface area contributed by atoms with Crippen molar-refractivity contribution < 1.29 is 4.39 Å². The van der Waals surface area contributed by atoms with Crippen molar-refractivity contribution in [3.8, 4) is 22.6 Å². The quantitative estimate of drug-likeness (QED) is 0.218. The third-order valence-corrected chi connectivity index (χ3v) is 6.95. The Balaban J connectivity index is 1.49. The van der Waals surface area contributed by atoms with Gasteiger partial charge in [0.2, 0.25) is 5.95 Å². The molecular weight excluding hydrogens is 501 g/mol. The van der Waals surface area contributed by atoms with E-state index in [4.69, 9.17) is 9.97 Å². The van der Waals surface area contributed by atoms with Crippen LogP contribution in [0.2, 0.25) is 0 Å². The monoisotopic (exact) mass is 537 g/mol. The molecule has 40 heavy (non-hydrogen) atoms. The zero-order valence-electron chi connectivity index (χ0n) is 23.5. The summed E-state index contributed by atoms with van der Waals surface area (Å²) in [5, 5.41) is 3.42. The van der Waals surface area contributed by atoms with Gasteiger partial charge in [0, 0.05) is 24.5 Å². The predicted octanol–water partition coefficient (Wildman–Crippen LogP) is 6.15. The van der Waals surface area contributed by atoms with E-state index in [-0.39, 0.29) is 11.9 Å². The van der Waals surface area contributed by atoms with E-state index in [9.17, 15) is 4.39 Å². The minimum atomic E-state index is -0.280. The predicted molar refractivity (Wildman–Crippen MR) is 160 cm³/mol. The number of hydrogen-bond acceptors (Lipinski definition) is 6. The van der Waals surface area contributed by atoms with Crippen LogP contribution in [-0.4, -0.2) is 63.4 Å². The fraction of sp³-hybridized carbons (Fsp3) is 0.281. The lowest BCUT2D eigenvalue weighted by Gasteiger charge is -2.18. The molecule has 2 aromatic carbocycles. The first kappa shape index (κ1) is 27.4. The van der Waals surface area contributed by atoms with Crippen LogP contribution in [0.15, 0.2) is 85.2 Å². The zero-order valence-corrected chi connectivity index (χ0v) is 23.5. The van der Waals surface area contributed by atoms with Crippen LogP contribution < -0.4 is 5.32 Å². The van der Waals surface area contributed by atoms with Crippen LogP contribution in [0.3, 0.4) is 0 Å². The van der Waals surface area contributed by atoms with E-state index in [1.165, 1.54) is 17.7 Å². The van der Waals surface area contributed by atoms with Gasteiger partial charge in [-0.25, -0.2) is 19.3 Å². The van der Waals surface area contributed by atoms with Gasteiger partial charge in [0.25, 0.3) is 0 Å². The van der Waals surface area contributed by atoms with Gasteiger partial charge in [0.05, 0.1) is 23.1 Å². The van der Waals surface area contributed by atoms with Crippen LogP contribution in [0.25, 0.3) is 28.3 Å². The number of halogens is 1. The van der Waals surface area contributed by atoms with E-state index in [0.717, 1.165) is 59.9 Å². The molecule has 1 atom stereocenters. The average Bonchev–Trinajstić information content (AvgIpc) is 3.32. The summed E-state index contributed by atoms with van der Waals surface area (Å²) in [4.78, 5) is 18.9.